The minimum absolute atomic E-state index is 0.0952. The van der Waals surface area contributed by atoms with Crippen LogP contribution in [-0.4, -0.2) is 24.8 Å². The number of benzene rings is 2. The molecule has 0 aliphatic carbocycles. The Morgan fingerprint density at radius 3 is 2.52 bits per heavy atom. The van der Waals surface area contributed by atoms with Crippen LogP contribution in [0.2, 0.25) is 0 Å². The van der Waals surface area contributed by atoms with Gasteiger partial charge >= 0.3 is 5.97 Å². The van der Waals surface area contributed by atoms with Crippen LogP contribution >= 0.6 is 0 Å². The summed E-state index contributed by atoms with van der Waals surface area (Å²) in [4.78, 5) is 10.7. The van der Waals surface area contributed by atoms with Gasteiger partial charge in [0, 0.05) is 12.5 Å². The number of hydrogen-bond acceptors (Lipinski definition) is 3. The summed E-state index contributed by atoms with van der Waals surface area (Å²) in [7, 11) is 1.59. The average Bonchev–Trinajstić information content (AvgIpc) is 2.64. The summed E-state index contributed by atoms with van der Waals surface area (Å²) in [5, 5.41) is 8.79. The van der Waals surface area contributed by atoms with Gasteiger partial charge in [0.2, 0.25) is 0 Å². The van der Waals surface area contributed by atoms with E-state index in [1.165, 1.54) is 5.56 Å². The van der Waals surface area contributed by atoms with E-state index in [0.717, 1.165) is 37.0 Å². The van der Waals surface area contributed by atoms with Crippen LogP contribution in [0.1, 0.15) is 36.8 Å². The number of aryl methyl sites for hydroxylation is 2. The molecular weight excluding hydrogens is 316 g/mol. The van der Waals surface area contributed by atoms with Crippen LogP contribution in [0.15, 0.2) is 48.5 Å². The summed E-state index contributed by atoms with van der Waals surface area (Å²) in [5.41, 5.74) is 2.27. The molecule has 0 amide bonds. The molecule has 0 heterocycles. The molecule has 0 atom stereocenters. The summed E-state index contributed by atoms with van der Waals surface area (Å²) in [5.74, 6) is 0.639. The van der Waals surface area contributed by atoms with Crippen molar-refractivity contribution in [3.05, 3.63) is 59.7 Å². The molecule has 2 aromatic rings. The van der Waals surface area contributed by atoms with Crippen molar-refractivity contribution in [2.24, 2.45) is 0 Å². The van der Waals surface area contributed by atoms with Gasteiger partial charge in [0.15, 0.2) is 0 Å². The number of carbonyl (C=O) groups is 1. The Bertz CT molecular complexity index is 652. The number of rotatable bonds is 11. The SMILES string of the molecule is COc1cc(OCCCCCc2ccccc2)ccc1CCC(=O)O. The summed E-state index contributed by atoms with van der Waals surface area (Å²) < 4.78 is 11.1. The second kappa shape index (κ2) is 10.4. The first-order valence-corrected chi connectivity index (χ1v) is 8.74. The van der Waals surface area contributed by atoms with E-state index in [1.54, 1.807) is 7.11 Å². The molecule has 0 aromatic heterocycles. The Labute approximate surface area is 149 Å². The maximum absolute atomic E-state index is 10.7. The number of aliphatic carboxylic acids is 1. The van der Waals surface area contributed by atoms with Crippen molar-refractivity contribution in [1.82, 2.24) is 0 Å². The molecule has 0 bridgehead atoms. The quantitative estimate of drug-likeness (QED) is 0.611. The molecule has 0 spiro atoms. The van der Waals surface area contributed by atoms with Crippen LogP contribution in [0.25, 0.3) is 0 Å². The van der Waals surface area contributed by atoms with Crippen molar-refractivity contribution in [1.29, 1.82) is 0 Å². The van der Waals surface area contributed by atoms with E-state index in [-0.39, 0.29) is 6.42 Å². The van der Waals surface area contributed by atoms with Crippen LogP contribution in [0.4, 0.5) is 0 Å². The maximum atomic E-state index is 10.7. The van der Waals surface area contributed by atoms with Crippen LogP contribution in [0, 0.1) is 0 Å². The topological polar surface area (TPSA) is 55.8 Å². The number of hydrogen-bond donors (Lipinski definition) is 1. The van der Waals surface area contributed by atoms with Gasteiger partial charge < -0.3 is 14.6 Å². The van der Waals surface area contributed by atoms with Crippen LogP contribution < -0.4 is 9.47 Å². The fourth-order valence-electron chi connectivity index (χ4n) is 2.71. The number of carboxylic acid groups (broad SMARTS) is 1. The van der Waals surface area contributed by atoms with Gasteiger partial charge in [-0.1, -0.05) is 36.4 Å². The fourth-order valence-corrected chi connectivity index (χ4v) is 2.71. The molecule has 0 unspecified atom stereocenters. The zero-order valence-electron chi connectivity index (χ0n) is 14.7. The molecule has 0 saturated carbocycles. The highest BCUT2D eigenvalue weighted by Gasteiger charge is 2.07. The zero-order chi connectivity index (χ0) is 17.9. The zero-order valence-corrected chi connectivity index (χ0v) is 14.7. The summed E-state index contributed by atoms with van der Waals surface area (Å²) >= 11 is 0. The average molecular weight is 342 g/mol. The first-order chi connectivity index (χ1) is 12.2. The van der Waals surface area contributed by atoms with Crippen molar-refractivity contribution in [3.63, 3.8) is 0 Å². The van der Waals surface area contributed by atoms with Gasteiger partial charge in [0.25, 0.3) is 0 Å². The highest BCUT2D eigenvalue weighted by molar-refractivity contribution is 5.67. The van der Waals surface area contributed by atoms with Crippen molar-refractivity contribution in [2.75, 3.05) is 13.7 Å². The maximum Gasteiger partial charge on any atom is 0.303 e. The Hall–Kier alpha value is -2.49. The van der Waals surface area contributed by atoms with E-state index in [4.69, 9.17) is 14.6 Å². The molecule has 0 fully saturated rings. The second-order valence-corrected chi connectivity index (χ2v) is 6.01. The Balaban J connectivity index is 1.70. The van der Waals surface area contributed by atoms with E-state index in [0.29, 0.717) is 18.8 Å². The van der Waals surface area contributed by atoms with Crippen LogP contribution in [0.3, 0.4) is 0 Å². The van der Waals surface area contributed by atoms with Crippen molar-refractivity contribution < 1.29 is 19.4 Å². The van der Waals surface area contributed by atoms with E-state index < -0.39 is 5.97 Å². The molecule has 4 heteroatoms. The van der Waals surface area contributed by atoms with Gasteiger partial charge in [-0.15, -0.1) is 0 Å². The molecule has 0 radical (unpaired) electrons. The number of methoxy groups -OCH3 is 1. The van der Waals surface area contributed by atoms with Crippen molar-refractivity contribution in [2.45, 2.75) is 38.5 Å². The Kier molecular flexibility index (Phi) is 7.83. The van der Waals surface area contributed by atoms with E-state index in [1.807, 2.05) is 24.3 Å². The molecule has 0 aliphatic heterocycles. The van der Waals surface area contributed by atoms with E-state index in [2.05, 4.69) is 24.3 Å². The van der Waals surface area contributed by atoms with Crippen molar-refractivity contribution >= 4 is 5.97 Å². The first kappa shape index (κ1) is 18.8. The second-order valence-electron chi connectivity index (χ2n) is 6.01. The molecule has 2 aromatic carbocycles. The third-order valence-corrected chi connectivity index (χ3v) is 4.09. The Morgan fingerprint density at radius 1 is 1.00 bits per heavy atom. The largest absolute Gasteiger partial charge is 0.496 e. The van der Waals surface area contributed by atoms with Crippen LogP contribution in [0.5, 0.6) is 11.5 Å². The van der Waals surface area contributed by atoms with Gasteiger partial charge in [0.05, 0.1) is 13.7 Å². The lowest BCUT2D eigenvalue weighted by Gasteiger charge is -2.11. The summed E-state index contributed by atoms with van der Waals surface area (Å²) in [6.45, 7) is 0.673. The highest BCUT2D eigenvalue weighted by atomic mass is 16.5. The molecule has 4 nitrogen and oxygen atoms in total. The van der Waals surface area contributed by atoms with Gasteiger partial charge in [0.1, 0.15) is 11.5 Å². The standard InChI is InChI=1S/C21H26O4/c1-24-20-16-19(13-11-18(20)12-14-21(22)23)25-15-7-3-6-10-17-8-4-2-5-9-17/h2,4-5,8-9,11,13,16H,3,6-7,10,12,14-15H2,1H3,(H,22,23). The monoisotopic (exact) mass is 342 g/mol. The molecule has 1 N–H and O–H groups in total. The minimum Gasteiger partial charge on any atom is -0.496 e. The van der Waals surface area contributed by atoms with E-state index in [9.17, 15) is 4.79 Å². The fraction of sp³-hybridized carbons (Fsp3) is 0.381. The molecule has 2 rings (SSSR count). The number of carboxylic acids is 1. The predicted molar refractivity (Wildman–Crippen MR) is 98.4 cm³/mol. The van der Waals surface area contributed by atoms with E-state index >= 15 is 0 Å². The lowest BCUT2D eigenvalue weighted by molar-refractivity contribution is -0.136. The lowest BCUT2D eigenvalue weighted by Crippen LogP contribution is -2.01. The Morgan fingerprint density at radius 2 is 1.80 bits per heavy atom. The van der Waals surface area contributed by atoms with Gasteiger partial charge in [-0.25, -0.2) is 0 Å². The highest BCUT2D eigenvalue weighted by Crippen LogP contribution is 2.26. The predicted octanol–water partition coefficient (Wildman–Crippen LogP) is 4.50. The molecule has 25 heavy (non-hydrogen) atoms. The summed E-state index contributed by atoms with van der Waals surface area (Å²) in [6.07, 6.45) is 4.95. The van der Waals surface area contributed by atoms with Gasteiger partial charge in [-0.2, -0.15) is 0 Å². The number of ether oxygens (including phenoxy) is 2. The summed E-state index contributed by atoms with van der Waals surface area (Å²) in [6, 6.07) is 16.1. The molecule has 0 aliphatic rings. The smallest absolute Gasteiger partial charge is 0.303 e. The van der Waals surface area contributed by atoms with Gasteiger partial charge in [-0.05, 0) is 49.3 Å². The number of unbranched alkanes of at least 4 members (excludes halogenated alkanes) is 2. The minimum atomic E-state index is -0.808. The normalized spacial score (nSPS) is 10.4. The van der Waals surface area contributed by atoms with Crippen molar-refractivity contribution in [3.8, 4) is 11.5 Å². The molecule has 134 valence electrons. The van der Waals surface area contributed by atoms with Gasteiger partial charge in [-0.3, -0.25) is 4.79 Å². The third-order valence-electron chi connectivity index (χ3n) is 4.09. The lowest BCUT2D eigenvalue weighted by atomic mass is 10.1. The third kappa shape index (κ3) is 6.87. The van der Waals surface area contributed by atoms with Crippen LogP contribution in [-0.2, 0) is 17.6 Å². The first-order valence-electron chi connectivity index (χ1n) is 8.74. The molecule has 0 saturated heterocycles. The molecular formula is C21H26O4.